The molecule has 1 aromatic carbocycles. The summed E-state index contributed by atoms with van der Waals surface area (Å²) in [4.78, 5) is 28.2. The third-order valence-electron chi connectivity index (χ3n) is 4.33. The fourth-order valence-electron chi connectivity index (χ4n) is 2.87. The molecular weight excluding hydrogens is 394 g/mol. The molecular formula is C19H19N5O4S. The first-order valence-corrected chi connectivity index (χ1v) is 9.83. The molecule has 150 valence electrons. The standard InChI is InChI=1S/C19H19N5O4S/c1-27-14-5-2-4-13(10-14)23-7-8-24-17(18(23)26)21-22-19(24)29-12-16(25)20-11-15-6-3-9-28-15/h2-10,17,21H,11-12H2,1H3,(H,20,25). The lowest BCUT2D eigenvalue weighted by atomic mass is 10.2. The van der Waals surface area contributed by atoms with Gasteiger partial charge in [0.25, 0.3) is 5.91 Å². The van der Waals surface area contributed by atoms with E-state index in [4.69, 9.17) is 9.15 Å². The summed E-state index contributed by atoms with van der Waals surface area (Å²) in [5.41, 5.74) is 3.54. The van der Waals surface area contributed by atoms with E-state index in [1.54, 1.807) is 48.9 Å². The van der Waals surface area contributed by atoms with Crippen LogP contribution in [0.5, 0.6) is 5.75 Å². The molecule has 0 spiro atoms. The van der Waals surface area contributed by atoms with Crippen LogP contribution in [0.25, 0.3) is 0 Å². The molecule has 2 aromatic rings. The number of nitrogens with one attached hydrogen (secondary N) is 2. The molecule has 0 radical (unpaired) electrons. The van der Waals surface area contributed by atoms with Crippen LogP contribution >= 0.6 is 11.8 Å². The average molecular weight is 413 g/mol. The van der Waals surface area contributed by atoms with Gasteiger partial charge in [0.2, 0.25) is 12.1 Å². The van der Waals surface area contributed by atoms with Gasteiger partial charge in [-0.1, -0.05) is 17.8 Å². The van der Waals surface area contributed by atoms with Crippen molar-refractivity contribution in [1.82, 2.24) is 15.6 Å². The van der Waals surface area contributed by atoms with Crippen molar-refractivity contribution < 1.29 is 18.7 Å². The molecule has 0 aliphatic carbocycles. The zero-order chi connectivity index (χ0) is 20.2. The van der Waals surface area contributed by atoms with Crippen molar-refractivity contribution in [3.63, 3.8) is 0 Å². The van der Waals surface area contributed by atoms with Crippen LogP contribution in [0.4, 0.5) is 5.69 Å². The van der Waals surface area contributed by atoms with Crippen molar-refractivity contribution in [2.75, 3.05) is 17.8 Å². The molecule has 1 unspecified atom stereocenters. The van der Waals surface area contributed by atoms with Gasteiger partial charge in [-0.15, -0.1) is 0 Å². The van der Waals surface area contributed by atoms with Crippen LogP contribution in [-0.2, 0) is 16.1 Å². The van der Waals surface area contributed by atoms with E-state index in [1.807, 2.05) is 18.2 Å². The number of carbonyl (C=O) groups excluding carboxylic acids is 2. The molecule has 4 rings (SSSR count). The Hall–Kier alpha value is -3.40. The van der Waals surface area contributed by atoms with Crippen LogP contribution < -0.4 is 20.4 Å². The third-order valence-corrected chi connectivity index (χ3v) is 5.30. The van der Waals surface area contributed by atoms with Gasteiger partial charge in [0.1, 0.15) is 11.5 Å². The van der Waals surface area contributed by atoms with Gasteiger partial charge in [-0.05, 0) is 24.3 Å². The minimum absolute atomic E-state index is 0.150. The van der Waals surface area contributed by atoms with E-state index in [2.05, 4.69) is 15.8 Å². The summed E-state index contributed by atoms with van der Waals surface area (Å²) >= 11 is 1.25. The number of carbonyl (C=O) groups is 2. The molecule has 0 bridgehead atoms. The lowest BCUT2D eigenvalue weighted by molar-refractivity contribution is -0.122. The highest BCUT2D eigenvalue weighted by Gasteiger charge is 2.38. The van der Waals surface area contributed by atoms with E-state index in [1.165, 1.54) is 16.7 Å². The number of furan rings is 1. The van der Waals surface area contributed by atoms with Crippen LogP contribution in [0.15, 0.2) is 64.6 Å². The van der Waals surface area contributed by atoms with Crippen molar-refractivity contribution in [3.05, 3.63) is 60.8 Å². The summed E-state index contributed by atoms with van der Waals surface area (Å²) in [6, 6.07) is 10.8. The number of benzene rings is 1. The summed E-state index contributed by atoms with van der Waals surface area (Å²) in [6.07, 6.45) is 4.34. The Morgan fingerprint density at radius 3 is 3.03 bits per heavy atom. The van der Waals surface area contributed by atoms with Gasteiger partial charge in [0.15, 0.2) is 5.17 Å². The number of hydrazone groups is 1. The van der Waals surface area contributed by atoms with Crippen LogP contribution in [0.3, 0.4) is 0 Å². The molecule has 2 aliphatic rings. The Morgan fingerprint density at radius 2 is 2.24 bits per heavy atom. The molecule has 1 atom stereocenters. The van der Waals surface area contributed by atoms with Crippen LogP contribution in [-0.4, -0.2) is 40.9 Å². The summed E-state index contributed by atoms with van der Waals surface area (Å²) in [7, 11) is 1.58. The Morgan fingerprint density at radius 1 is 1.34 bits per heavy atom. The highest BCUT2D eigenvalue weighted by atomic mass is 32.2. The normalized spacial score (nSPS) is 17.6. The van der Waals surface area contributed by atoms with Crippen LogP contribution in [0.1, 0.15) is 5.76 Å². The van der Waals surface area contributed by atoms with Crippen LogP contribution in [0.2, 0.25) is 0 Å². The van der Waals surface area contributed by atoms with E-state index >= 15 is 0 Å². The first-order valence-electron chi connectivity index (χ1n) is 8.84. The molecule has 0 saturated carbocycles. The van der Waals surface area contributed by atoms with Gasteiger partial charge in [-0.2, -0.15) is 5.10 Å². The maximum atomic E-state index is 12.9. The lowest BCUT2D eigenvalue weighted by Crippen LogP contribution is -2.52. The summed E-state index contributed by atoms with van der Waals surface area (Å²) < 4.78 is 10.4. The quantitative estimate of drug-likeness (QED) is 0.743. The topological polar surface area (TPSA) is 99.4 Å². The number of fused-ring (bicyclic) bond motifs is 1. The highest BCUT2D eigenvalue weighted by Crippen LogP contribution is 2.27. The molecule has 0 fully saturated rings. The van der Waals surface area contributed by atoms with E-state index in [9.17, 15) is 9.59 Å². The van der Waals surface area contributed by atoms with Crippen LogP contribution in [0, 0.1) is 0 Å². The molecule has 9 nitrogen and oxygen atoms in total. The van der Waals surface area contributed by atoms with E-state index in [0.717, 1.165) is 0 Å². The van der Waals surface area contributed by atoms with Crippen molar-refractivity contribution in [1.29, 1.82) is 0 Å². The van der Waals surface area contributed by atoms with Crippen molar-refractivity contribution in [2.45, 2.75) is 12.7 Å². The summed E-state index contributed by atoms with van der Waals surface area (Å²) in [5.74, 6) is 1.20. The maximum Gasteiger partial charge on any atom is 0.276 e. The zero-order valence-electron chi connectivity index (χ0n) is 15.6. The highest BCUT2D eigenvalue weighted by molar-refractivity contribution is 8.14. The van der Waals surface area contributed by atoms with Crippen molar-refractivity contribution >= 4 is 34.4 Å². The Bertz CT molecular complexity index is 959. The smallest absolute Gasteiger partial charge is 0.276 e. The van der Waals surface area contributed by atoms with E-state index in [0.29, 0.717) is 28.9 Å². The second-order valence-corrected chi connectivity index (χ2v) is 7.13. The molecule has 2 amide bonds. The number of hydrogen-bond acceptors (Lipinski definition) is 8. The van der Waals surface area contributed by atoms with Gasteiger partial charge in [-0.3, -0.25) is 24.8 Å². The van der Waals surface area contributed by atoms with E-state index in [-0.39, 0.29) is 17.6 Å². The van der Waals surface area contributed by atoms with Gasteiger partial charge in [0.05, 0.1) is 31.4 Å². The molecule has 0 saturated heterocycles. The zero-order valence-corrected chi connectivity index (χ0v) is 16.4. The molecule has 3 heterocycles. The second kappa shape index (κ2) is 8.31. The Labute approximate surface area is 171 Å². The number of nitrogens with zero attached hydrogens (tertiary/aromatic N) is 3. The third kappa shape index (κ3) is 4.06. The summed E-state index contributed by atoms with van der Waals surface area (Å²) in [6.45, 7) is 0.331. The SMILES string of the molecule is COc1cccc(N2C=CN3C(SCC(=O)NCc4ccco4)=NNC3C2=O)c1. The Kier molecular flexibility index (Phi) is 5.43. The number of anilines is 1. The molecule has 1 aromatic heterocycles. The van der Waals surface area contributed by atoms with Crippen molar-refractivity contribution in [3.8, 4) is 5.75 Å². The minimum Gasteiger partial charge on any atom is -0.497 e. The predicted octanol–water partition coefficient (Wildman–Crippen LogP) is 1.66. The fraction of sp³-hybridized carbons (Fsp3) is 0.211. The molecule has 2 aliphatic heterocycles. The molecule has 29 heavy (non-hydrogen) atoms. The minimum atomic E-state index is -0.653. The Balaban J connectivity index is 1.35. The number of amides is 2. The van der Waals surface area contributed by atoms with Gasteiger partial charge < -0.3 is 14.5 Å². The summed E-state index contributed by atoms with van der Waals surface area (Å²) in [5, 5.41) is 7.54. The second-order valence-electron chi connectivity index (χ2n) is 6.19. The molecule has 2 N–H and O–H groups in total. The predicted molar refractivity (Wildman–Crippen MR) is 109 cm³/mol. The van der Waals surface area contributed by atoms with Crippen molar-refractivity contribution in [2.24, 2.45) is 5.10 Å². The number of ether oxygens (including phenoxy) is 1. The fourth-order valence-corrected chi connectivity index (χ4v) is 3.67. The van der Waals surface area contributed by atoms with Gasteiger partial charge in [-0.25, -0.2) is 0 Å². The number of methoxy groups -OCH3 is 1. The average Bonchev–Trinajstić information content (AvgIpc) is 3.41. The lowest BCUT2D eigenvalue weighted by Gasteiger charge is -2.32. The number of rotatable bonds is 6. The van der Waals surface area contributed by atoms with E-state index < -0.39 is 6.17 Å². The monoisotopic (exact) mass is 413 g/mol. The first kappa shape index (κ1) is 18.9. The number of hydrogen-bond donors (Lipinski definition) is 2. The largest absolute Gasteiger partial charge is 0.497 e. The first-order chi connectivity index (χ1) is 14.2. The number of amidine groups is 1. The number of thioether (sulfide) groups is 1. The molecule has 10 heteroatoms. The maximum absolute atomic E-state index is 12.9. The van der Waals surface area contributed by atoms with Gasteiger partial charge in [0, 0.05) is 18.5 Å². The van der Waals surface area contributed by atoms with Gasteiger partial charge >= 0.3 is 0 Å².